The molecule has 2 rings (SSSR count). The van der Waals surface area contributed by atoms with Crippen LogP contribution in [0.15, 0.2) is 47.6 Å². The number of nitrogens with zero attached hydrogens (tertiary/aromatic N) is 1. The molecule has 3 N–H and O–H groups in total. The molecule has 0 radical (unpaired) electrons. The minimum absolute atomic E-state index is 0.0821. The van der Waals surface area contributed by atoms with Gasteiger partial charge in [-0.1, -0.05) is 25.1 Å². The van der Waals surface area contributed by atoms with E-state index in [-0.39, 0.29) is 5.84 Å². The maximum atomic E-state index is 8.63. The third-order valence-electron chi connectivity index (χ3n) is 3.36. The first-order valence-electron chi connectivity index (χ1n) is 6.87. The van der Waals surface area contributed by atoms with Crippen LogP contribution in [-0.4, -0.2) is 11.0 Å². The van der Waals surface area contributed by atoms with Gasteiger partial charge < -0.3 is 15.7 Å². The van der Waals surface area contributed by atoms with E-state index in [0.29, 0.717) is 17.2 Å². The van der Waals surface area contributed by atoms with Gasteiger partial charge in [0.25, 0.3) is 0 Å². The molecule has 4 nitrogen and oxygen atoms in total. The van der Waals surface area contributed by atoms with Gasteiger partial charge in [0.05, 0.1) is 0 Å². The molecule has 2 aromatic rings. The molecular formula is C17H20N2O2. The van der Waals surface area contributed by atoms with Gasteiger partial charge in [-0.3, -0.25) is 0 Å². The van der Waals surface area contributed by atoms with Gasteiger partial charge in [-0.25, -0.2) is 0 Å². The van der Waals surface area contributed by atoms with Crippen molar-refractivity contribution in [1.29, 1.82) is 0 Å². The lowest BCUT2D eigenvalue weighted by Gasteiger charge is -2.12. The molecule has 0 aliphatic carbocycles. The highest BCUT2D eigenvalue weighted by Crippen LogP contribution is 2.27. The summed E-state index contributed by atoms with van der Waals surface area (Å²) in [5, 5.41) is 11.6. The topological polar surface area (TPSA) is 67.8 Å². The Morgan fingerprint density at radius 3 is 2.24 bits per heavy atom. The van der Waals surface area contributed by atoms with Crippen LogP contribution in [0.25, 0.3) is 0 Å². The maximum Gasteiger partial charge on any atom is 0.170 e. The quantitative estimate of drug-likeness (QED) is 0.386. The fourth-order valence-electron chi connectivity index (χ4n) is 2.25. The molecule has 2 aromatic carbocycles. The number of ether oxygens (including phenoxy) is 1. The first-order chi connectivity index (χ1) is 10.0. The Morgan fingerprint density at radius 2 is 1.71 bits per heavy atom. The Bertz CT molecular complexity index is 646. The smallest absolute Gasteiger partial charge is 0.170 e. The van der Waals surface area contributed by atoms with Gasteiger partial charge in [0.2, 0.25) is 0 Å². The molecule has 0 heterocycles. The van der Waals surface area contributed by atoms with Crippen LogP contribution in [0.1, 0.15) is 36.5 Å². The molecule has 4 heteroatoms. The van der Waals surface area contributed by atoms with Gasteiger partial charge in [-0.05, 0) is 60.4 Å². The minimum Gasteiger partial charge on any atom is -0.457 e. The number of benzene rings is 2. The highest BCUT2D eigenvalue weighted by Gasteiger charge is 2.06. The zero-order chi connectivity index (χ0) is 15.4. The molecule has 21 heavy (non-hydrogen) atoms. The van der Waals surface area contributed by atoms with Crippen LogP contribution >= 0.6 is 0 Å². The first-order valence-corrected chi connectivity index (χ1v) is 6.87. The van der Waals surface area contributed by atoms with Crippen molar-refractivity contribution in [2.24, 2.45) is 10.9 Å². The van der Waals surface area contributed by atoms with Crippen LogP contribution in [0, 0.1) is 6.92 Å². The van der Waals surface area contributed by atoms with E-state index in [2.05, 4.69) is 32.0 Å². The van der Waals surface area contributed by atoms with Crippen LogP contribution in [0.3, 0.4) is 0 Å². The van der Waals surface area contributed by atoms with Crippen LogP contribution in [0.2, 0.25) is 0 Å². The van der Waals surface area contributed by atoms with E-state index in [1.165, 1.54) is 11.1 Å². The molecule has 0 fully saturated rings. The summed E-state index contributed by atoms with van der Waals surface area (Å²) >= 11 is 0. The molecule has 0 spiro atoms. The highest BCUT2D eigenvalue weighted by atomic mass is 16.5. The summed E-state index contributed by atoms with van der Waals surface area (Å²) in [4.78, 5) is 0. The molecule has 0 saturated carbocycles. The van der Waals surface area contributed by atoms with Gasteiger partial charge in [-0.15, -0.1) is 0 Å². The number of nitrogens with two attached hydrogens (primary N) is 1. The summed E-state index contributed by atoms with van der Waals surface area (Å²) in [6, 6.07) is 13.2. The second kappa shape index (κ2) is 6.31. The molecule has 110 valence electrons. The Kier molecular flexibility index (Phi) is 4.48. The lowest BCUT2D eigenvalue weighted by molar-refractivity contribution is 0.318. The van der Waals surface area contributed by atoms with Crippen molar-refractivity contribution in [3.8, 4) is 11.5 Å². The molecule has 0 aliphatic rings. The number of oxime groups is 1. The summed E-state index contributed by atoms with van der Waals surface area (Å²) in [6.07, 6.45) is 0. The Balaban J connectivity index is 2.17. The summed E-state index contributed by atoms with van der Waals surface area (Å²) < 4.78 is 5.82. The predicted molar refractivity (Wildman–Crippen MR) is 84.3 cm³/mol. The number of hydrogen-bond acceptors (Lipinski definition) is 3. The summed E-state index contributed by atoms with van der Waals surface area (Å²) in [7, 11) is 0. The lowest BCUT2D eigenvalue weighted by Crippen LogP contribution is -2.12. The van der Waals surface area contributed by atoms with Crippen molar-refractivity contribution >= 4 is 5.84 Å². The van der Waals surface area contributed by atoms with Gasteiger partial charge in [0.15, 0.2) is 5.84 Å². The molecule has 0 aromatic heterocycles. The summed E-state index contributed by atoms with van der Waals surface area (Å²) in [6.45, 7) is 6.44. The van der Waals surface area contributed by atoms with Crippen molar-refractivity contribution in [2.75, 3.05) is 0 Å². The standard InChI is InChI=1S/C17H20N2O2/c1-11(2)16-9-8-15(10-12(16)3)21-14-6-4-13(5-7-14)17(18)19-20/h4-11,20H,1-3H3,(H2,18,19). The number of rotatable bonds is 4. The molecule has 0 saturated heterocycles. The zero-order valence-electron chi connectivity index (χ0n) is 12.5. The Labute approximate surface area is 124 Å². The average Bonchev–Trinajstić information content (AvgIpc) is 2.47. The first kappa shape index (κ1) is 14.9. The van der Waals surface area contributed by atoms with Crippen molar-refractivity contribution in [3.05, 3.63) is 59.2 Å². The Hall–Kier alpha value is -2.49. The van der Waals surface area contributed by atoms with Gasteiger partial charge in [-0.2, -0.15) is 0 Å². The fraction of sp³-hybridized carbons (Fsp3) is 0.235. The van der Waals surface area contributed by atoms with E-state index >= 15 is 0 Å². The van der Waals surface area contributed by atoms with E-state index < -0.39 is 0 Å². The second-order valence-electron chi connectivity index (χ2n) is 5.28. The zero-order valence-corrected chi connectivity index (χ0v) is 12.5. The van der Waals surface area contributed by atoms with Crippen molar-refractivity contribution in [2.45, 2.75) is 26.7 Å². The average molecular weight is 284 g/mol. The normalized spacial score (nSPS) is 11.7. The van der Waals surface area contributed by atoms with Crippen molar-refractivity contribution < 1.29 is 9.94 Å². The number of hydrogen-bond donors (Lipinski definition) is 2. The SMILES string of the molecule is Cc1cc(Oc2ccc(/C(N)=N/O)cc2)ccc1C(C)C. The molecule has 0 atom stereocenters. The van der Waals surface area contributed by atoms with Gasteiger partial charge in [0, 0.05) is 5.56 Å². The molecule has 0 bridgehead atoms. The van der Waals surface area contributed by atoms with E-state index in [4.69, 9.17) is 15.7 Å². The summed E-state index contributed by atoms with van der Waals surface area (Å²) in [5.74, 6) is 2.09. The lowest BCUT2D eigenvalue weighted by atomic mass is 9.98. The monoisotopic (exact) mass is 284 g/mol. The van der Waals surface area contributed by atoms with Crippen LogP contribution < -0.4 is 10.5 Å². The minimum atomic E-state index is 0.0821. The number of aryl methyl sites for hydroxylation is 1. The van der Waals surface area contributed by atoms with Crippen molar-refractivity contribution in [3.63, 3.8) is 0 Å². The highest BCUT2D eigenvalue weighted by molar-refractivity contribution is 5.97. The second-order valence-corrected chi connectivity index (χ2v) is 5.28. The van der Waals surface area contributed by atoms with E-state index in [9.17, 15) is 0 Å². The third kappa shape index (κ3) is 3.54. The third-order valence-corrected chi connectivity index (χ3v) is 3.36. The summed E-state index contributed by atoms with van der Waals surface area (Å²) in [5.41, 5.74) is 8.71. The van der Waals surface area contributed by atoms with E-state index in [1.807, 2.05) is 12.1 Å². The van der Waals surface area contributed by atoms with E-state index in [0.717, 1.165) is 5.75 Å². The van der Waals surface area contributed by atoms with E-state index in [1.54, 1.807) is 24.3 Å². The van der Waals surface area contributed by atoms with Crippen LogP contribution in [-0.2, 0) is 0 Å². The molecule has 0 unspecified atom stereocenters. The fourth-order valence-corrected chi connectivity index (χ4v) is 2.25. The molecular weight excluding hydrogens is 264 g/mol. The van der Waals surface area contributed by atoms with Crippen LogP contribution in [0.4, 0.5) is 0 Å². The number of amidine groups is 1. The Morgan fingerprint density at radius 1 is 1.10 bits per heavy atom. The maximum absolute atomic E-state index is 8.63. The van der Waals surface area contributed by atoms with Crippen LogP contribution in [0.5, 0.6) is 11.5 Å². The van der Waals surface area contributed by atoms with Gasteiger partial charge in [0.1, 0.15) is 11.5 Å². The molecule has 0 aliphatic heterocycles. The van der Waals surface area contributed by atoms with Crippen molar-refractivity contribution in [1.82, 2.24) is 0 Å². The largest absolute Gasteiger partial charge is 0.457 e. The predicted octanol–water partition coefficient (Wildman–Crippen LogP) is 4.01. The molecule has 0 amide bonds. The van der Waals surface area contributed by atoms with Gasteiger partial charge >= 0.3 is 0 Å².